The summed E-state index contributed by atoms with van der Waals surface area (Å²) < 4.78 is 5.48. The molecule has 0 saturated heterocycles. The molecule has 0 atom stereocenters. The van der Waals surface area contributed by atoms with Crippen molar-refractivity contribution < 1.29 is 4.74 Å². The van der Waals surface area contributed by atoms with Gasteiger partial charge in [0.2, 0.25) is 0 Å². The van der Waals surface area contributed by atoms with Gasteiger partial charge in [-0.25, -0.2) is 0 Å². The fourth-order valence-corrected chi connectivity index (χ4v) is 2.34. The van der Waals surface area contributed by atoms with Crippen LogP contribution < -0.4 is 10.5 Å². The zero-order valence-corrected chi connectivity index (χ0v) is 10.6. The van der Waals surface area contributed by atoms with Gasteiger partial charge >= 0.3 is 0 Å². The van der Waals surface area contributed by atoms with Gasteiger partial charge in [-0.05, 0) is 31.4 Å². The maximum atomic E-state index is 6.36. The molecule has 2 N–H and O–H groups in total. The lowest BCUT2D eigenvalue weighted by Crippen LogP contribution is -2.43. The molecular weight excluding hydrogens is 198 g/mol. The molecule has 0 bridgehead atoms. The van der Waals surface area contributed by atoms with Crippen molar-refractivity contribution in [2.75, 3.05) is 7.11 Å². The Hall–Kier alpha value is -1.02. The van der Waals surface area contributed by atoms with E-state index in [1.54, 1.807) is 7.11 Å². The van der Waals surface area contributed by atoms with Crippen molar-refractivity contribution in [1.82, 2.24) is 0 Å². The van der Waals surface area contributed by atoms with E-state index >= 15 is 0 Å². The molecule has 0 aromatic heterocycles. The van der Waals surface area contributed by atoms with E-state index in [-0.39, 0.29) is 11.0 Å². The van der Waals surface area contributed by atoms with Crippen LogP contribution >= 0.6 is 0 Å². The van der Waals surface area contributed by atoms with Gasteiger partial charge in [0, 0.05) is 16.5 Å². The van der Waals surface area contributed by atoms with Gasteiger partial charge in [-0.1, -0.05) is 26.0 Å². The number of rotatable bonds is 3. The van der Waals surface area contributed by atoms with E-state index in [9.17, 15) is 0 Å². The molecule has 0 unspecified atom stereocenters. The zero-order chi connectivity index (χ0) is 12.0. The lowest BCUT2D eigenvalue weighted by atomic mass is 9.75. The molecule has 1 aliphatic carbocycles. The second-order valence-corrected chi connectivity index (χ2v) is 5.48. The Morgan fingerprint density at radius 1 is 1.31 bits per heavy atom. The normalized spacial score (nSPS) is 18.3. The molecule has 0 aliphatic heterocycles. The molecule has 1 saturated carbocycles. The molecule has 1 fully saturated rings. The Bertz CT molecular complexity index is 405. The number of hydrogen-bond donors (Lipinski definition) is 1. The molecule has 1 aromatic rings. The summed E-state index contributed by atoms with van der Waals surface area (Å²) in [4.78, 5) is 0. The third kappa shape index (κ3) is 1.61. The molecule has 16 heavy (non-hydrogen) atoms. The van der Waals surface area contributed by atoms with Crippen molar-refractivity contribution in [3.63, 3.8) is 0 Å². The van der Waals surface area contributed by atoms with Gasteiger partial charge in [0.05, 0.1) is 7.11 Å². The average Bonchev–Trinajstić information content (AvgIpc) is 2.97. The van der Waals surface area contributed by atoms with Crippen LogP contribution in [0.25, 0.3) is 0 Å². The second kappa shape index (κ2) is 3.49. The summed E-state index contributed by atoms with van der Waals surface area (Å²) in [5.74, 6) is 0.960. The minimum absolute atomic E-state index is 0.0218. The fraction of sp³-hybridized carbons (Fsp3) is 0.571. The quantitative estimate of drug-likeness (QED) is 0.848. The van der Waals surface area contributed by atoms with Crippen molar-refractivity contribution >= 4 is 0 Å². The fourth-order valence-electron chi connectivity index (χ4n) is 2.34. The summed E-state index contributed by atoms with van der Waals surface area (Å²) in [7, 11) is 1.73. The lowest BCUT2D eigenvalue weighted by Gasteiger charge is -2.33. The highest BCUT2D eigenvalue weighted by molar-refractivity contribution is 5.45. The predicted octanol–water partition coefficient (Wildman–Crippen LogP) is 2.77. The highest BCUT2D eigenvalue weighted by atomic mass is 16.5. The summed E-state index contributed by atoms with van der Waals surface area (Å²) in [5.41, 5.74) is 8.74. The van der Waals surface area contributed by atoms with E-state index < -0.39 is 0 Å². The van der Waals surface area contributed by atoms with Crippen LogP contribution in [0, 0.1) is 6.92 Å². The molecule has 0 spiro atoms. The Balaban J connectivity index is 2.47. The number of ether oxygens (including phenoxy) is 1. The maximum absolute atomic E-state index is 6.36. The van der Waals surface area contributed by atoms with Crippen LogP contribution in [0.1, 0.15) is 37.8 Å². The van der Waals surface area contributed by atoms with Crippen LogP contribution in [0.15, 0.2) is 18.2 Å². The molecule has 2 rings (SSSR count). The topological polar surface area (TPSA) is 35.2 Å². The molecule has 88 valence electrons. The minimum atomic E-state index is -0.0461. The van der Waals surface area contributed by atoms with Gasteiger partial charge in [-0.2, -0.15) is 0 Å². The first-order valence-electron chi connectivity index (χ1n) is 5.85. The molecule has 0 radical (unpaired) electrons. The number of hydrogen-bond acceptors (Lipinski definition) is 2. The Morgan fingerprint density at radius 3 is 2.44 bits per heavy atom. The van der Waals surface area contributed by atoms with Crippen molar-refractivity contribution in [1.29, 1.82) is 0 Å². The molecular formula is C14H21NO. The third-order valence-electron chi connectivity index (χ3n) is 4.06. The monoisotopic (exact) mass is 219 g/mol. The van der Waals surface area contributed by atoms with Crippen LogP contribution in [-0.2, 0) is 5.41 Å². The van der Waals surface area contributed by atoms with Gasteiger partial charge in [-0.15, -0.1) is 0 Å². The van der Waals surface area contributed by atoms with Crippen LogP contribution in [0.2, 0.25) is 0 Å². The van der Waals surface area contributed by atoms with Crippen LogP contribution in [-0.4, -0.2) is 12.6 Å². The Morgan fingerprint density at radius 2 is 1.94 bits per heavy atom. The Labute approximate surface area is 97.8 Å². The van der Waals surface area contributed by atoms with Gasteiger partial charge < -0.3 is 10.5 Å². The number of benzene rings is 1. The molecule has 1 aliphatic rings. The average molecular weight is 219 g/mol. The van der Waals surface area contributed by atoms with Crippen LogP contribution in [0.5, 0.6) is 5.75 Å². The molecule has 1 aromatic carbocycles. The van der Waals surface area contributed by atoms with E-state index in [1.807, 2.05) is 0 Å². The van der Waals surface area contributed by atoms with E-state index in [0.29, 0.717) is 0 Å². The molecule has 0 amide bonds. The summed E-state index contributed by atoms with van der Waals surface area (Å²) in [6.07, 6.45) is 2.22. The van der Waals surface area contributed by atoms with Gasteiger partial charge in [0.15, 0.2) is 0 Å². The lowest BCUT2D eigenvalue weighted by molar-refractivity contribution is 0.353. The number of methoxy groups -OCH3 is 1. The highest BCUT2D eigenvalue weighted by Gasteiger charge is 2.52. The second-order valence-electron chi connectivity index (χ2n) is 5.48. The van der Waals surface area contributed by atoms with E-state index in [0.717, 1.165) is 18.6 Å². The predicted molar refractivity (Wildman–Crippen MR) is 66.9 cm³/mol. The summed E-state index contributed by atoms with van der Waals surface area (Å²) >= 11 is 0. The van der Waals surface area contributed by atoms with Gasteiger partial charge in [-0.3, -0.25) is 0 Å². The van der Waals surface area contributed by atoms with Crippen molar-refractivity contribution in [3.05, 3.63) is 29.3 Å². The first-order chi connectivity index (χ1) is 7.40. The highest BCUT2D eigenvalue weighted by Crippen LogP contribution is 2.51. The maximum Gasteiger partial charge on any atom is 0.122 e. The summed E-state index contributed by atoms with van der Waals surface area (Å²) in [6, 6.07) is 6.37. The SMILES string of the molecule is COc1cc(C)ccc1C(C)(C)C1(N)CC1. The van der Waals surface area contributed by atoms with E-state index in [4.69, 9.17) is 10.5 Å². The molecule has 2 nitrogen and oxygen atoms in total. The van der Waals surface area contributed by atoms with E-state index in [2.05, 4.69) is 39.0 Å². The van der Waals surface area contributed by atoms with E-state index in [1.165, 1.54) is 11.1 Å². The first kappa shape index (κ1) is 11.5. The summed E-state index contributed by atoms with van der Waals surface area (Å²) in [5, 5.41) is 0. The number of aryl methyl sites for hydroxylation is 1. The zero-order valence-electron chi connectivity index (χ0n) is 10.6. The van der Waals surface area contributed by atoms with Crippen molar-refractivity contribution in [2.45, 2.75) is 44.6 Å². The largest absolute Gasteiger partial charge is 0.496 e. The van der Waals surface area contributed by atoms with Gasteiger partial charge in [0.25, 0.3) is 0 Å². The smallest absolute Gasteiger partial charge is 0.122 e. The standard InChI is InChI=1S/C14H21NO/c1-10-5-6-11(12(9-10)16-4)13(2,3)14(15)7-8-14/h5-6,9H,7-8,15H2,1-4H3. The molecule has 2 heteroatoms. The van der Waals surface area contributed by atoms with Crippen LogP contribution in [0.4, 0.5) is 0 Å². The van der Waals surface area contributed by atoms with Crippen LogP contribution in [0.3, 0.4) is 0 Å². The summed E-state index contributed by atoms with van der Waals surface area (Å²) in [6.45, 7) is 6.51. The first-order valence-corrected chi connectivity index (χ1v) is 5.85. The Kier molecular flexibility index (Phi) is 2.50. The molecule has 0 heterocycles. The van der Waals surface area contributed by atoms with Gasteiger partial charge in [0.1, 0.15) is 5.75 Å². The van der Waals surface area contributed by atoms with Crippen molar-refractivity contribution in [3.8, 4) is 5.75 Å². The van der Waals surface area contributed by atoms with Crippen molar-refractivity contribution in [2.24, 2.45) is 5.73 Å². The number of nitrogens with two attached hydrogens (primary N) is 1. The third-order valence-corrected chi connectivity index (χ3v) is 4.06. The minimum Gasteiger partial charge on any atom is -0.496 e.